The molecule has 1 heterocycles. The molecule has 2 rings (SSSR count). The molecule has 1 aliphatic rings. The predicted molar refractivity (Wildman–Crippen MR) is 72.0 cm³/mol. The largest absolute Gasteiger partial charge is 0.369 e. The summed E-state index contributed by atoms with van der Waals surface area (Å²) in [6.45, 7) is 3.76. The molecule has 1 fully saturated rings. The first kappa shape index (κ1) is 12.4. The van der Waals surface area contributed by atoms with Gasteiger partial charge in [0.15, 0.2) is 0 Å². The Hall–Kier alpha value is -1.09. The van der Waals surface area contributed by atoms with Crippen molar-refractivity contribution in [3.05, 3.63) is 23.9 Å². The highest BCUT2D eigenvalue weighted by molar-refractivity contribution is 5.35. The number of nitrogens with two attached hydrogens (primary N) is 1. The average Bonchev–Trinajstić information content (AvgIpc) is 2.38. The molecule has 1 aliphatic carbocycles. The molecular weight excluding hydrogens is 210 g/mol. The van der Waals surface area contributed by atoms with Crippen molar-refractivity contribution in [1.82, 2.24) is 4.98 Å². The second-order valence-electron chi connectivity index (χ2n) is 5.28. The first-order valence-electron chi connectivity index (χ1n) is 6.62. The van der Waals surface area contributed by atoms with Gasteiger partial charge in [0.05, 0.1) is 0 Å². The van der Waals surface area contributed by atoms with Crippen molar-refractivity contribution in [2.75, 3.05) is 18.4 Å². The van der Waals surface area contributed by atoms with Gasteiger partial charge in [0, 0.05) is 12.2 Å². The molecule has 0 atom stereocenters. The fraction of sp³-hybridized carbons (Fsp3) is 0.643. The van der Waals surface area contributed by atoms with E-state index in [9.17, 15) is 0 Å². The van der Waals surface area contributed by atoms with E-state index in [2.05, 4.69) is 10.3 Å². The monoisotopic (exact) mass is 233 g/mol. The maximum absolute atomic E-state index is 5.97. The van der Waals surface area contributed by atoms with Gasteiger partial charge in [-0.1, -0.05) is 25.3 Å². The molecule has 1 aromatic heterocycles. The van der Waals surface area contributed by atoms with Crippen LogP contribution in [0.1, 0.15) is 37.8 Å². The van der Waals surface area contributed by atoms with Crippen LogP contribution in [0.5, 0.6) is 0 Å². The third kappa shape index (κ3) is 3.19. The number of nitrogens with one attached hydrogen (secondary N) is 1. The highest BCUT2D eigenvalue weighted by atomic mass is 15.0. The summed E-state index contributed by atoms with van der Waals surface area (Å²) in [6, 6.07) is 6.09. The highest BCUT2D eigenvalue weighted by Gasteiger charge is 2.30. The molecule has 0 bridgehead atoms. The van der Waals surface area contributed by atoms with E-state index in [-0.39, 0.29) is 0 Å². The molecule has 0 aliphatic heterocycles. The van der Waals surface area contributed by atoms with Crippen molar-refractivity contribution in [1.29, 1.82) is 0 Å². The van der Waals surface area contributed by atoms with E-state index < -0.39 is 0 Å². The number of anilines is 1. The van der Waals surface area contributed by atoms with Gasteiger partial charge in [-0.15, -0.1) is 0 Å². The Labute approximate surface area is 104 Å². The second kappa shape index (κ2) is 5.50. The molecule has 0 unspecified atom stereocenters. The molecule has 17 heavy (non-hydrogen) atoms. The Bertz CT molecular complexity index is 356. The van der Waals surface area contributed by atoms with E-state index in [0.29, 0.717) is 5.41 Å². The summed E-state index contributed by atoms with van der Waals surface area (Å²) in [4.78, 5) is 4.47. The van der Waals surface area contributed by atoms with Crippen molar-refractivity contribution in [2.45, 2.75) is 39.0 Å². The van der Waals surface area contributed by atoms with Crippen LogP contribution in [0.25, 0.3) is 0 Å². The Morgan fingerprint density at radius 3 is 2.71 bits per heavy atom. The fourth-order valence-electron chi connectivity index (χ4n) is 2.67. The lowest BCUT2D eigenvalue weighted by atomic mass is 9.74. The van der Waals surface area contributed by atoms with Crippen LogP contribution in [-0.2, 0) is 0 Å². The number of rotatable bonds is 4. The molecular formula is C14H23N3. The van der Waals surface area contributed by atoms with E-state index in [1.807, 2.05) is 25.1 Å². The average molecular weight is 233 g/mol. The minimum Gasteiger partial charge on any atom is -0.369 e. The third-order valence-corrected chi connectivity index (χ3v) is 3.88. The van der Waals surface area contributed by atoms with E-state index >= 15 is 0 Å². The summed E-state index contributed by atoms with van der Waals surface area (Å²) < 4.78 is 0. The van der Waals surface area contributed by atoms with Crippen LogP contribution in [0.3, 0.4) is 0 Å². The number of hydrogen-bond acceptors (Lipinski definition) is 3. The minimum atomic E-state index is 0.295. The Morgan fingerprint density at radius 1 is 1.29 bits per heavy atom. The lowest BCUT2D eigenvalue weighted by molar-refractivity contribution is 0.215. The van der Waals surface area contributed by atoms with Crippen LogP contribution in [0.15, 0.2) is 18.2 Å². The predicted octanol–water partition coefficient (Wildman–Crippen LogP) is 2.71. The topological polar surface area (TPSA) is 50.9 Å². The Balaban J connectivity index is 1.95. The molecule has 3 heteroatoms. The van der Waals surface area contributed by atoms with Crippen molar-refractivity contribution < 1.29 is 0 Å². The zero-order valence-electron chi connectivity index (χ0n) is 10.7. The van der Waals surface area contributed by atoms with Crippen molar-refractivity contribution in [3.63, 3.8) is 0 Å². The first-order valence-corrected chi connectivity index (χ1v) is 6.62. The zero-order valence-corrected chi connectivity index (χ0v) is 10.7. The quantitative estimate of drug-likeness (QED) is 0.840. The summed E-state index contributed by atoms with van der Waals surface area (Å²) in [5, 5.41) is 3.46. The van der Waals surface area contributed by atoms with Crippen LogP contribution < -0.4 is 11.1 Å². The lowest BCUT2D eigenvalue weighted by Crippen LogP contribution is -2.39. The van der Waals surface area contributed by atoms with Crippen LogP contribution in [-0.4, -0.2) is 18.1 Å². The fourth-order valence-corrected chi connectivity index (χ4v) is 2.67. The Kier molecular flexibility index (Phi) is 4.00. The summed E-state index contributed by atoms with van der Waals surface area (Å²) in [6.07, 6.45) is 6.51. The van der Waals surface area contributed by atoms with Crippen molar-refractivity contribution in [3.8, 4) is 0 Å². The molecule has 3 nitrogen and oxygen atoms in total. The standard InChI is InChI=1S/C14H23N3/c1-12-6-5-7-13(17-12)16-11-14(10-15)8-3-2-4-9-14/h5-7H,2-4,8-11,15H2,1H3,(H,16,17). The van der Waals surface area contributed by atoms with E-state index in [1.165, 1.54) is 32.1 Å². The summed E-state index contributed by atoms with van der Waals surface area (Å²) in [5.41, 5.74) is 7.32. The number of aromatic nitrogens is 1. The highest BCUT2D eigenvalue weighted by Crippen LogP contribution is 2.35. The van der Waals surface area contributed by atoms with Gasteiger partial charge in [0.1, 0.15) is 5.82 Å². The van der Waals surface area contributed by atoms with E-state index in [1.54, 1.807) is 0 Å². The molecule has 1 saturated carbocycles. The third-order valence-electron chi connectivity index (χ3n) is 3.88. The van der Waals surface area contributed by atoms with Gasteiger partial charge in [-0.2, -0.15) is 0 Å². The maximum atomic E-state index is 5.97. The van der Waals surface area contributed by atoms with Crippen LogP contribution in [0.4, 0.5) is 5.82 Å². The van der Waals surface area contributed by atoms with Crippen molar-refractivity contribution >= 4 is 5.82 Å². The van der Waals surface area contributed by atoms with Gasteiger partial charge in [0.25, 0.3) is 0 Å². The van der Waals surface area contributed by atoms with Crippen LogP contribution in [0, 0.1) is 12.3 Å². The molecule has 0 radical (unpaired) electrons. The molecule has 1 aromatic rings. The molecule has 0 spiro atoms. The molecule has 3 N–H and O–H groups in total. The summed E-state index contributed by atoms with van der Waals surface area (Å²) >= 11 is 0. The summed E-state index contributed by atoms with van der Waals surface area (Å²) in [7, 11) is 0. The smallest absolute Gasteiger partial charge is 0.126 e. The second-order valence-corrected chi connectivity index (χ2v) is 5.28. The van der Waals surface area contributed by atoms with Crippen LogP contribution >= 0.6 is 0 Å². The van der Waals surface area contributed by atoms with E-state index in [4.69, 9.17) is 5.73 Å². The SMILES string of the molecule is Cc1cccc(NCC2(CN)CCCCC2)n1. The van der Waals surface area contributed by atoms with Gasteiger partial charge >= 0.3 is 0 Å². The molecule has 0 saturated heterocycles. The molecule has 0 aromatic carbocycles. The lowest BCUT2D eigenvalue weighted by Gasteiger charge is -2.36. The maximum Gasteiger partial charge on any atom is 0.126 e. The van der Waals surface area contributed by atoms with Crippen LogP contribution in [0.2, 0.25) is 0 Å². The Morgan fingerprint density at radius 2 is 2.06 bits per heavy atom. The summed E-state index contributed by atoms with van der Waals surface area (Å²) in [5.74, 6) is 0.975. The number of nitrogens with zero attached hydrogens (tertiary/aromatic N) is 1. The molecule has 94 valence electrons. The molecule has 0 amide bonds. The van der Waals surface area contributed by atoms with Gasteiger partial charge in [0.2, 0.25) is 0 Å². The number of pyridine rings is 1. The normalized spacial score (nSPS) is 18.9. The van der Waals surface area contributed by atoms with Gasteiger partial charge in [-0.3, -0.25) is 0 Å². The zero-order chi connectivity index (χ0) is 12.1. The van der Waals surface area contributed by atoms with Gasteiger partial charge in [-0.25, -0.2) is 4.98 Å². The van der Waals surface area contributed by atoms with Gasteiger partial charge < -0.3 is 11.1 Å². The van der Waals surface area contributed by atoms with E-state index in [0.717, 1.165) is 24.6 Å². The number of aryl methyl sites for hydroxylation is 1. The van der Waals surface area contributed by atoms with Crippen molar-refractivity contribution in [2.24, 2.45) is 11.1 Å². The first-order chi connectivity index (χ1) is 8.24. The number of hydrogen-bond donors (Lipinski definition) is 2. The minimum absolute atomic E-state index is 0.295. The van der Waals surface area contributed by atoms with Gasteiger partial charge in [-0.05, 0) is 43.9 Å².